The highest BCUT2D eigenvalue weighted by Crippen LogP contribution is 2.15. The number of benzene rings is 2. The summed E-state index contributed by atoms with van der Waals surface area (Å²) in [6, 6.07) is 14.7. The third kappa shape index (κ3) is 3.23. The Morgan fingerprint density at radius 2 is 1.94 bits per heavy atom. The molecule has 2 aromatic rings. The van der Waals surface area contributed by atoms with Crippen molar-refractivity contribution in [2.45, 2.75) is 19.8 Å². The summed E-state index contributed by atoms with van der Waals surface area (Å²) >= 11 is 0. The second kappa shape index (κ2) is 6.05. The second-order valence-corrected chi connectivity index (χ2v) is 4.37. The van der Waals surface area contributed by atoms with Gasteiger partial charge in [0, 0.05) is 13.0 Å². The van der Waals surface area contributed by atoms with Crippen molar-refractivity contribution < 1.29 is 0 Å². The number of hydrogen-bond donors (Lipinski definition) is 2. The Labute approximate surface area is 108 Å². The van der Waals surface area contributed by atoms with Gasteiger partial charge in [0.1, 0.15) is 5.84 Å². The molecule has 2 aromatic carbocycles. The molecule has 94 valence electrons. The lowest BCUT2D eigenvalue weighted by Gasteiger charge is -2.04. The van der Waals surface area contributed by atoms with Gasteiger partial charge < -0.3 is 11.2 Å². The van der Waals surface area contributed by atoms with Crippen LogP contribution < -0.4 is 11.2 Å². The van der Waals surface area contributed by atoms with Gasteiger partial charge in [0.15, 0.2) is 0 Å². The van der Waals surface area contributed by atoms with Crippen molar-refractivity contribution in [1.29, 1.82) is 0 Å². The van der Waals surface area contributed by atoms with Gasteiger partial charge in [0.25, 0.3) is 0 Å². The number of fused-ring (bicyclic) bond motifs is 1. The zero-order chi connectivity index (χ0) is 12.8. The summed E-state index contributed by atoms with van der Waals surface area (Å²) in [5.74, 6) is 0.624. The van der Waals surface area contributed by atoms with E-state index in [1.807, 2.05) is 12.1 Å². The largest absolute Gasteiger partial charge is 0.385 e. The van der Waals surface area contributed by atoms with E-state index >= 15 is 0 Å². The van der Waals surface area contributed by atoms with Gasteiger partial charge in [0.2, 0.25) is 0 Å². The first kappa shape index (κ1) is 12.4. The molecule has 0 fully saturated rings. The summed E-state index contributed by atoms with van der Waals surface area (Å²) < 4.78 is 0. The highest BCUT2D eigenvalue weighted by Gasteiger charge is 1.99. The van der Waals surface area contributed by atoms with Gasteiger partial charge in [-0.1, -0.05) is 49.4 Å². The standard InChI is InChI=1S/C15H19N3/c1-2-9-17-18-15(16)11-12-7-8-13-5-3-4-6-14(13)10-12/h3-8,10,17H,2,9,11H2,1H3,(H2,16,18). The minimum Gasteiger partial charge on any atom is -0.385 e. The predicted octanol–water partition coefficient (Wildman–Crippen LogP) is 2.65. The molecule has 0 amide bonds. The van der Waals surface area contributed by atoms with Crippen LogP contribution in [0.5, 0.6) is 0 Å². The van der Waals surface area contributed by atoms with Crippen LogP contribution in [0.3, 0.4) is 0 Å². The number of rotatable bonds is 5. The van der Waals surface area contributed by atoms with Gasteiger partial charge in [-0.05, 0) is 22.8 Å². The van der Waals surface area contributed by atoms with Crippen LogP contribution in [0.4, 0.5) is 0 Å². The summed E-state index contributed by atoms with van der Waals surface area (Å²) in [5, 5.41) is 6.62. The van der Waals surface area contributed by atoms with Crippen molar-refractivity contribution in [2.75, 3.05) is 6.54 Å². The Balaban J connectivity index is 2.09. The highest BCUT2D eigenvalue weighted by molar-refractivity contribution is 5.86. The molecule has 0 unspecified atom stereocenters. The molecule has 18 heavy (non-hydrogen) atoms. The van der Waals surface area contributed by atoms with E-state index in [1.165, 1.54) is 16.3 Å². The fourth-order valence-corrected chi connectivity index (χ4v) is 1.87. The van der Waals surface area contributed by atoms with Crippen molar-refractivity contribution in [1.82, 2.24) is 5.43 Å². The van der Waals surface area contributed by atoms with Crippen molar-refractivity contribution >= 4 is 16.6 Å². The normalized spacial score (nSPS) is 11.7. The molecule has 2 rings (SSSR count). The molecule has 0 aliphatic carbocycles. The highest BCUT2D eigenvalue weighted by atomic mass is 15.3. The lowest BCUT2D eigenvalue weighted by atomic mass is 10.1. The molecule has 0 atom stereocenters. The molecule has 0 saturated carbocycles. The third-order valence-corrected chi connectivity index (χ3v) is 2.78. The molecule has 0 bridgehead atoms. The molecule has 0 aliphatic rings. The smallest absolute Gasteiger partial charge is 0.124 e. The molecule has 3 heteroatoms. The molecule has 0 aromatic heterocycles. The van der Waals surface area contributed by atoms with Crippen LogP contribution in [0.15, 0.2) is 47.6 Å². The van der Waals surface area contributed by atoms with Crippen LogP contribution in [-0.4, -0.2) is 12.4 Å². The van der Waals surface area contributed by atoms with Crippen molar-refractivity contribution in [3.8, 4) is 0 Å². The molecule has 0 radical (unpaired) electrons. The molecule has 0 aliphatic heterocycles. The third-order valence-electron chi connectivity index (χ3n) is 2.78. The van der Waals surface area contributed by atoms with E-state index in [0.29, 0.717) is 12.3 Å². The lowest BCUT2D eigenvalue weighted by molar-refractivity contribution is 0.713. The average Bonchev–Trinajstić information content (AvgIpc) is 2.39. The van der Waals surface area contributed by atoms with Crippen LogP contribution in [0.1, 0.15) is 18.9 Å². The SMILES string of the molecule is CCCN/N=C(\N)Cc1ccc2ccccc2c1. The number of nitrogens with zero attached hydrogens (tertiary/aromatic N) is 1. The van der Waals surface area contributed by atoms with E-state index in [1.54, 1.807) is 0 Å². The van der Waals surface area contributed by atoms with Gasteiger partial charge in [-0.2, -0.15) is 5.10 Å². The monoisotopic (exact) mass is 241 g/mol. The van der Waals surface area contributed by atoms with Gasteiger partial charge in [-0.25, -0.2) is 0 Å². The summed E-state index contributed by atoms with van der Waals surface area (Å²) in [7, 11) is 0. The van der Waals surface area contributed by atoms with Crippen LogP contribution >= 0.6 is 0 Å². The summed E-state index contributed by atoms with van der Waals surface area (Å²) in [5.41, 5.74) is 10.0. The van der Waals surface area contributed by atoms with E-state index in [2.05, 4.69) is 47.8 Å². The molecule has 0 spiro atoms. The predicted molar refractivity (Wildman–Crippen MR) is 77.6 cm³/mol. The average molecular weight is 241 g/mol. The van der Waals surface area contributed by atoms with Crippen LogP contribution in [0, 0.1) is 0 Å². The molecule has 0 heterocycles. The minimum absolute atomic E-state index is 0.624. The molecule has 3 nitrogen and oxygen atoms in total. The van der Waals surface area contributed by atoms with Crippen molar-refractivity contribution in [2.24, 2.45) is 10.8 Å². The van der Waals surface area contributed by atoms with E-state index in [9.17, 15) is 0 Å². The Morgan fingerprint density at radius 3 is 2.72 bits per heavy atom. The first-order valence-electron chi connectivity index (χ1n) is 6.32. The number of hydrogen-bond acceptors (Lipinski definition) is 2. The van der Waals surface area contributed by atoms with E-state index < -0.39 is 0 Å². The summed E-state index contributed by atoms with van der Waals surface area (Å²) in [4.78, 5) is 0. The van der Waals surface area contributed by atoms with Gasteiger partial charge >= 0.3 is 0 Å². The topological polar surface area (TPSA) is 50.4 Å². The van der Waals surface area contributed by atoms with Crippen LogP contribution in [0.25, 0.3) is 10.8 Å². The summed E-state index contributed by atoms with van der Waals surface area (Å²) in [6.45, 7) is 2.96. The Morgan fingerprint density at radius 1 is 1.17 bits per heavy atom. The fraction of sp³-hybridized carbons (Fsp3) is 0.267. The van der Waals surface area contributed by atoms with Gasteiger partial charge in [0.05, 0.1) is 0 Å². The first-order chi connectivity index (χ1) is 8.79. The van der Waals surface area contributed by atoms with E-state index in [4.69, 9.17) is 5.73 Å². The number of nitrogens with two attached hydrogens (primary N) is 1. The maximum absolute atomic E-state index is 5.88. The van der Waals surface area contributed by atoms with Gasteiger partial charge in [-0.3, -0.25) is 0 Å². The van der Waals surface area contributed by atoms with Crippen molar-refractivity contribution in [3.63, 3.8) is 0 Å². The number of amidine groups is 1. The molecular weight excluding hydrogens is 222 g/mol. The Bertz CT molecular complexity index is 546. The lowest BCUT2D eigenvalue weighted by Crippen LogP contribution is -2.20. The minimum atomic E-state index is 0.624. The summed E-state index contributed by atoms with van der Waals surface area (Å²) in [6.07, 6.45) is 1.73. The fourth-order valence-electron chi connectivity index (χ4n) is 1.87. The van der Waals surface area contributed by atoms with E-state index in [0.717, 1.165) is 13.0 Å². The maximum Gasteiger partial charge on any atom is 0.124 e. The van der Waals surface area contributed by atoms with E-state index in [-0.39, 0.29) is 0 Å². The first-order valence-corrected chi connectivity index (χ1v) is 6.32. The van der Waals surface area contributed by atoms with Crippen LogP contribution in [-0.2, 0) is 6.42 Å². The molecular formula is C15H19N3. The van der Waals surface area contributed by atoms with Gasteiger partial charge in [-0.15, -0.1) is 0 Å². The Hall–Kier alpha value is -2.03. The van der Waals surface area contributed by atoms with Crippen molar-refractivity contribution in [3.05, 3.63) is 48.0 Å². The molecule has 0 saturated heterocycles. The maximum atomic E-state index is 5.88. The molecule has 3 N–H and O–H groups in total. The quantitative estimate of drug-likeness (QED) is 0.366. The zero-order valence-electron chi connectivity index (χ0n) is 10.7. The Kier molecular flexibility index (Phi) is 4.18. The number of nitrogens with one attached hydrogen (secondary N) is 1. The zero-order valence-corrected chi connectivity index (χ0v) is 10.7. The number of hydrazone groups is 1. The second-order valence-electron chi connectivity index (χ2n) is 4.37. The van der Waals surface area contributed by atoms with Crippen LogP contribution in [0.2, 0.25) is 0 Å².